The molecule has 1 aromatic rings. The summed E-state index contributed by atoms with van der Waals surface area (Å²) < 4.78 is 0. The van der Waals surface area contributed by atoms with Crippen LogP contribution in [-0.2, 0) is 4.84 Å². The third-order valence-corrected chi connectivity index (χ3v) is 5.22. The third kappa shape index (κ3) is 2.45. The molecular weight excluding hydrogens is 272 g/mol. The number of hydrogen-bond donors (Lipinski definition) is 0. The second kappa shape index (κ2) is 5.74. The molecule has 0 amide bonds. The summed E-state index contributed by atoms with van der Waals surface area (Å²) >= 11 is 6.01. The summed E-state index contributed by atoms with van der Waals surface area (Å²) in [6.07, 6.45) is 5.74. The molecule has 108 valence electrons. The van der Waals surface area contributed by atoms with Gasteiger partial charge in [0.15, 0.2) is 0 Å². The van der Waals surface area contributed by atoms with Crippen molar-refractivity contribution < 1.29 is 4.84 Å². The molecule has 4 heteroatoms. The second-order valence-corrected chi connectivity index (χ2v) is 6.31. The molecule has 0 saturated carbocycles. The molecule has 4 atom stereocenters. The number of hydrogen-bond acceptors (Lipinski definition) is 3. The average molecular weight is 293 g/mol. The van der Waals surface area contributed by atoms with Crippen LogP contribution >= 0.6 is 11.6 Å². The van der Waals surface area contributed by atoms with Gasteiger partial charge in [-0.3, -0.25) is 4.90 Å². The van der Waals surface area contributed by atoms with E-state index in [9.17, 15) is 0 Å². The largest absolute Gasteiger partial charge is 0.399 e. The average Bonchev–Trinajstić information content (AvgIpc) is 2.71. The van der Waals surface area contributed by atoms with Crippen molar-refractivity contribution >= 4 is 17.8 Å². The van der Waals surface area contributed by atoms with E-state index in [1.807, 2.05) is 18.3 Å². The first-order chi connectivity index (χ1) is 9.70. The Morgan fingerprint density at radius 3 is 2.75 bits per heavy atom. The van der Waals surface area contributed by atoms with Gasteiger partial charge < -0.3 is 4.84 Å². The maximum absolute atomic E-state index is 6.01. The van der Waals surface area contributed by atoms with Crippen molar-refractivity contribution in [2.45, 2.75) is 37.3 Å². The fraction of sp³-hybridized carbons (Fsp3) is 0.562. The number of piperidine rings is 1. The summed E-state index contributed by atoms with van der Waals surface area (Å²) in [5.74, 6) is 0.930. The molecule has 0 spiro atoms. The molecule has 2 aliphatic heterocycles. The standard InChI is InChI=1S/C16H21ClN2O/c1-19-13-7-8-16(19)15(10-18-20-2)14(9-13)11-3-5-12(17)6-4-11/h3-6,10,13-16H,7-9H2,1-2H3/b18-10+/t13-,14-,15?,16?/m1/s1. The van der Waals surface area contributed by atoms with Gasteiger partial charge in [0.25, 0.3) is 0 Å². The Morgan fingerprint density at radius 1 is 1.30 bits per heavy atom. The zero-order valence-electron chi connectivity index (χ0n) is 12.0. The van der Waals surface area contributed by atoms with Gasteiger partial charge >= 0.3 is 0 Å². The Labute approximate surface area is 125 Å². The number of rotatable bonds is 3. The van der Waals surface area contributed by atoms with Crippen molar-refractivity contribution in [2.75, 3.05) is 14.2 Å². The minimum absolute atomic E-state index is 0.417. The van der Waals surface area contributed by atoms with E-state index in [0.29, 0.717) is 23.9 Å². The maximum Gasteiger partial charge on any atom is 0.106 e. The molecule has 2 fully saturated rings. The van der Waals surface area contributed by atoms with Crippen LogP contribution in [0.2, 0.25) is 5.02 Å². The topological polar surface area (TPSA) is 24.8 Å². The molecule has 3 nitrogen and oxygen atoms in total. The highest BCUT2D eigenvalue weighted by atomic mass is 35.5. The second-order valence-electron chi connectivity index (χ2n) is 5.87. The van der Waals surface area contributed by atoms with Crippen LogP contribution in [0.5, 0.6) is 0 Å². The number of nitrogens with zero attached hydrogens (tertiary/aromatic N) is 2. The molecule has 2 bridgehead atoms. The van der Waals surface area contributed by atoms with Crippen LogP contribution in [0, 0.1) is 5.92 Å². The quantitative estimate of drug-likeness (QED) is 0.629. The van der Waals surface area contributed by atoms with Crippen LogP contribution in [0.1, 0.15) is 30.7 Å². The lowest BCUT2D eigenvalue weighted by atomic mass is 9.77. The monoisotopic (exact) mass is 292 g/mol. The summed E-state index contributed by atoms with van der Waals surface area (Å²) in [7, 11) is 3.85. The molecule has 2 aliphatic rings. The molecule has 20 heavy (non-hydrogen) atoms. The van der Waals surface area contributed by atoms with Crippen molar-refractivity contribution in [3.63, 3.8) is 0 Å². The van der Waals surface area contributed by atoms with E-state index in [-0.39, 0.29) is 0 Å². The van der Waals surface area contributed by atoms with E-state index >= 15 is 0 Å². The van der Waals surface area contributed by atoms with Crippen molar-refractivity contribution in [3.05, 3.63) is 34.9 Å². The van der Waals surface area contributed by atoms with E-state index in [4.69, 9.17) is 16.4 Å². The van der Waals surface area contributed by atoms with Gasteiger partial charge in [0.1, 0.15) is 7.11 Å². The van der Waals surface area contributed by atoms with E-state index in [1.54, 1.807) is 7.11 Å². The molecule has 0 N–H and O–H groups in total. The van der Waals surface area contributed by atoms with Gasteiger partial charge in [-0.25, -0.2) is 0 Å². The van der Waals surface area contributed by atoms with Crippen LogP contribution in [0.4, 0.5) is 0 Å². The normalized spacial score (nSPS) is 33.8. The first kappa shape index (κ1) is 13.9. The first-order valence-corrected chi connectivity index (χ1v) is 7.62. The first-order valence-electron chi connectivity index (χ1n) is 7.24. The van der Waals surface area contributed by atoms with Gasteiger partial charge in [0.05, 0.1) is 0 Å². The van der Waals surface area contributed by atoms with Crippen molar-refractivity contribution in [1.29, 1.82) is 0 Å². The van der Waals surface area contributed by atoms with E-state index in [0.717, 1.165) is 5.02 Å². The zero-order chi connectivity index (χ0) is 14.1. The number of halogens is 1. The molecule has 2 unspecified atom stereocenters. The number of benzene rings is 1. The molecule has 3 rings (SSSR count). The van der Waals surface area contributed by atoms with Crippen LogP contribution in [-0.4, -0.2) is 37.4 Å². The fourth-order valence-corrected chi connectivity index (χ4v) is 4.04. The molecule has 2 saturated heterocycles. The summed E-state index contributed by atoms with van der Waals surface area (Å²) in [6, 6.07) is 9.57. The Morgan fingerprint density at radius 2 is 2.05 bits per heavy atom. The number of oxime groups is 1. The highest BCUT2D eigenvalue weighted by molar-refractivity contribution is 6.30. The Balaban J connectivity index is 1.91. The minimum Gasteiger partial charge on any atom is -0.399 e. The molecular formula is C16H21ClN2O. The number of fused-ring (bicyclic) bond motifs is 2. The zero-order valence-corrected chi connectivity index (χ0v) is 12.8. The van der Waals surface area contributed by atoms with Gasteiger partial charge in [-0.2, -0.15) is 0 Å². The molecule has 0 aromatic heterocycles. The Hall–Kier alpha value is -1.06. The highest BCUT2D eigenvalue weighted by Crippen LogP contribution is 2.45. The van der Waals surface area contributed by atoms with Crippen LogP contribution in [0.15, 0.2) is 29.4 Å². The highest BCUT2D eigenvalue weighted by Gasteiger charge is 2.45. The Kier molecular flexibility index (Phi) is 3.99. The lowest BCUT2D eigenvalue weighted by Crippen LogP contribution is -2.46. The maximum atomic E-state index is 6.01. The van der Waals surface area contributed by atoms with Gasteiger partial charge in [0, 0.05) is 29.2 Å². The summed E-state index contributed by atoms with van der Waals surface area (Å²) in [5, 5.41) is 4.86. The van der Waals surface area contributed by atoms with Gasteiger partial charge in [-0.1, -0.05) is 28.9 Å². The van der Waals surface area contributed by atoms with Crippen molar-refractivity contribution in [1.82, 2.24) is 4.90 Å². The van der Waals surface area contributed by atoms with Crippen molar-refractivity contribution in [3.8, 4) is 0 Å². The lowest BCUT2D eigenvalue weighted by molar-refractivity contribution is 0.131. The molecule has 0 aliphatic carbocycles. The van der Waals surface area contributed by atoms with E-state index in [1.165, 1.54) is 24.8 Å². The summed E-state index contributed by atoms with van der Waals surface area (Å²) in [6.45, 7) is 0. The van der Waals surface area contributed by atoms with Crippen molar-refractivity contribution in [2.24, 2.45) is 11.1 Å². The predicted octanol–water partition coefficient (Wildman–Crippen LogP) is 3.54. The molecule has 0 radical (unpaired) electrons. The molecule has 2 heterocycles. The summed E-state index contributed by atoms with van der Waals surface area (Å²) in [4.78, 5) is 7.45. The molecule has 1 aromatic carbocycles. The predicted molar refractivity (Wildman–Crippen MR) is 82.4 cm³/mol. The summed E-state index contributed by atoms with van der Waals surface area (Å²) in [5.41, 5.74) is 1.37. The van der Waals surface area contributed by atoms with Gasteiger partial charge in [-0.05, 0) is 49.9 Å². The van der Waals surface area contributed by atoms with E-state index < -0.39 is 0 Å². The SMILES string of the molecule is CO/N=C/C1C2CC[C@H](C[C@@H]1c1ccc(Cl)cc1)N2C. The van der Waals surface area contributed by atoms with Crippen LogP contribution in [0.25, 0.3) is 0 Å². The van der Waals surface area contributed by atoms with Gasteiger partial charge in [0.2, 0.25) is 0 Å². The van der Waals surface area contributed by atoms with Crippen LogP contribution < -0.4 is 0 Å². The fourth-order valence-electron chi connectivity index (χ4n) is 3.91. The van der Waals surface area contributed by atoms with Gasteiger partial charge in [-0.15, -0.1) is 0 Å². The van der Waals surface area contributed by atoms with Crippen LogP contribution in [0.3, 0.4) is 0 Å². The Bertz CT molecular complexity index is 488. The lowest BCUT2D eigenvalue weighted by Gasteiger charge is -2.41. The third-order valence-electron chi connectivity index (χ3n) is 4.97. The minimum atomic E-state index is 0.417. The van der Waals surface area contributed by atoms with E-state index in [2.05, 4.69) is 29.2 Å². The smallest absolute Gasteiger partial charge is 0.106 e.